The quantitative estimate of drug-likeness (QED) is 0.773. The summed E-state index contributed by atoms with van der Waals surface area (Å²) >= 11 is 0. The second kappa shape index (κ2) is 5.35. The SMILES string of the molecule is CCN1CCCC[C@H]1c1ccccc1OC. The fourth-order valence-electron chi connectivity index (χ4n) is 2.66. The van der Waals surface area contributed by atoms with E-state index in [1.807, 2.05) is 6.07 Å². The topological polar surface area (TPSA) is 12.5 Å². The van der Waals surface area contributed by atoms with Gasteiger partial charge in [-0.1, -0.05) is 31.5 Å². The number of methoxy groups -OCH3 is 1. The van der Waals surface area contributed by atoms with E-state index in [1.54, 1.807) is 7.11 Å². The average Bonchev–Trinajstić information content (AvgIpc) is 2.38. The fourth-order valence-corrected chi connectivity index (χ4v) is 2.66. The summed E-state index contributed by atoms with van der Waals surface area (Å²) in [6, 6.07) is 8.98. The third-order valence-electron chi connectivity index (χ3n) is 3.52. The Morgan fingerprint density at radius 1 is 1.31 bits per heavy atom. The number of nitrogens with zero attached hydrogens (tertiary/aromatic N) is 1. The minimum atomic E-state index is 0.551. The Kier molecular flexibility index (Phi) is 3.83. The number of rotatable bonds is 3. The lowest BCUT2D eigenvalue weighted by Gasteiger charge is -2.35. The van der Waals surface area contributed by atoms with Gasteiger partial charge in [-0.3, -0.25) is 4.90 Å². The van der Waals surface area contributed by atoms with Gasteiger partial charge in [-0.05, 0) is 32.0 Å². The van der Waals surface area contributed by atoms with Gasteiger partial charge < -0.3 is 4.74 Å². The first-order chi connectivity index (χ1) is 7.86. The van der Waals surface area contributed by atoms with Crippen molar-refractivity contribution in [2.45, 2.75) is 32.2 Å². The highest BCUT2D eigenvalue weighted by Crippen LogP contribution is 2.35. The first-order valence-electron chi connectivity index (χ1n) is 6.23. The van der Waals surface area contributed by atoms with Crippen LogP contribution in [0.1, 0.15) is 37.8 Å². The summed E-state index contributed by atoms with van der Waals surface area (Å²) in [5.74, 6) is 1.04. The van der Waals surface area contributed by atoms with Crippen LogP contribution in [0.5, 0.6) is 5.75 Å². The molecular weight excluding hydrogens is 198 g/mol. The Hall–Kier alpha value is -1.02. The summed E-state index contributed by atoms with van der Waals surface area (Å²) in [6.07, 6.45) is 3.92. The number of hydrogen-bond acceptors (Lipinski definition) is 2. The fraction of sp³-hybridized carbons (Fsp3) is 0.571. The molecule has 16 heavy (non-hydrogen) atoms. The van der Waals surface area contributed by atoms with E-state index in [4.69, 9.17) is 4.74 Å². The first-order valence-corrected chi connectivity index (χ1v) is 6.23. The van der Waals surface area contributed by atoms with Gasteiger partial charge in [-0.2, -0.15) is 0 Å². The molecule has 88 valence electrons. The van der Waals surface area contributed by atoms with Crippen molar-refractivity contribution < 1.29 is 4.74 Å². The van der Waals surface area contributed by atoms with Crippen molar-refractivity contribution in [1.29, 1.82) is 0 Å². The summed E-state index contributed by atoms with van der Waals surface area (Å²) in [5, 5.41) is 0. The van der Waals surface area contributed by atoms with E-state index in [2.05, 4.69) is 30.0 Å². The highest BCUT2D eigenvalue weighted by Gasteiger charge is 2.24. The van der Waals surface area contributed by atoms with Crippen LogP contribution in [0.25, 0.3) is 0 Å². The predicted octanol–water partition coefficient (Wildman–Crippen LogP) is 3.24. The van der Waals surface area contributed by atoms with E-state index >= 15 is 0 Å². The zero-order chi connectivity index (χ0) is 11.4. The van der Waals surface area contributed by atoms with Crippen molar-refractivity contribution in [1.82, 2.24) is 4.90 Å². The number of hydrogen-bond donors (Lipinski definition) is 0. The minimum Gasteiger partial charge on any atom is -0.496 e. The lowest BCUT2D eigenvalue weighted by atomic mass is 9.94. The Morgan fingerprint density at radius 2 is 2.12 bits per heavy atom. The lowest BCUT2D eigenvalue weighted by molar-refractivity contribution is 0.154. The highest BCUT2D eigenvalue weighted by molar-refractivity contribution is 5.36. The van der Waals surface area contributed by atoms with Gasteiger partial charge in [-0.25, -0.2) is 0 Å². The molecule has 2 rings (SSSR count). The molecular formula is C14H21NO. The number of ether oxygens (including phenoxy) is 1. The maximum atomic E-state index is 5.46. The zero-order valence-corrected chi connectivity index (χ0v) is 10.3. The van der Waals surface area contributed by atoms with Crippen molar-refractivity contribution in [3.05, 3.63) is 29.8 Å². The van der Waals surface area contributed by atoms with E-state index in [9.17, 15) is 0 Å². The summed E-state index contributed by atoms with van der Waals surface area (Å²) < 4.78 is 5.46. The van der Waals surface area contributed by atoms with Crippen molar-refractivity contribution in [2.75, 3.05) is 20.2 Å². The lowest BCUT2D eigenvalue weighted by Crippen LogP contribution is -2.33. The third-order valence-corrected chi connectivity index (χ3v) is 3.52. The molecule has 0 bridgehead atoms. The smallest absolute Gasteiger partial charge is 0.123 e. The summed E-state index contributed by atoms with van der Waals surface area (Å²) in [6.45, 7) is 4.59. The second-order valence-corrected chi connectivity index (χ2v) is 4.38. The molecule has 1 aliphatic rings. The van der Waals surface area contributed by atoms with Crippen LogP contribution in [0.15, 0.2) is 24.3 Å². The van der Waals surface area contributed by atoms with Crippen LogP contribution < -0.4 is 4.74 Å². The largest absolute Gasteiger partial charge is 0.496 e. The Morgan fingerprint density at radius 3 is 2.88 bits per heavy atom. The van der Waals surface area contributed by atoms with Gasteiger partial charge in [0.25, 0.3) is 0 Å². The van der Waals surface area contributed by atoms with E-state index in [0.29, 0.717) is 6.04 Å². The third kappa shape index (κ3) is 2.22. The monoisotopic (exact) mass is 219 g/mol. The van der Waals surface area contributed by atoms with E-state index in [0.717, 1.165) is 12.3 Å². The van der Waals surface area contributed by atoms with Crippen LogP contribution in [-0.4, -0.2) is 25.1 Å². The van der Waals surface area contributed by atoms with Gasteiger partial charge in [0.15, 0.2) is 0 Å². The summed E-state index contributed by atoms with van der Waals surface area (Å²) in [5.41, 5.74) is 1.35. The van der Waals surface area contributed by atoms with E-state index in [-0.39, 0.29) is 0 Å². The van der Waals surface area contributed by atoms with Crippen LogP contribution in [0.4, 0.5) is 0 Å². The van der Waals surface area contributed by atoms with Crippen molar-refractivity contribution in [3.8, 4) is 5.75 Å². The van der Waals surface area contributed by atoms with Gasteiger partial charge in [0.2, 0.25) is 0 Å². The molecule has 0 amide bonds. The summed E-state index contributed by atoms with van der Waals surface area (Å²) in [7, 11) is 1.76. The Balaban J connectivity index is 2.26. The molecule has 0 aliphatic carbocycles. The number of piperidine rings is 1. The van der Waals surface area contributed by atoms with Crippen molar-refractivity contribution in [2.24, 2.45) is 0 Å². The molecule has 1 aromatic carbocycles. The standard InChI is InChI=1S/C14H21NO/c1-3-15-11-7-6-9-13(15)12-8-4-5-10-14(12)16-2/h4-5,8,10,13H,3,6-7,9,11H2,1-2H3/t13-/m0/s1. The van der Waals surface area contributed by atoms with Crippen LogP contribution >= 0.6 is 0 Å². The van der Waals surface area contributed by atoms with Crippen LogP contribution in [-0.2, 0) is 0 Å². The molecule has 1 aromatic rings. The highest BCUT2D eigenvalue weighted by atomic mass is 16.5. The van der Waals surface area contributed by atoms with Crippen LogP contribution in [0.3, 0.4) is 0 Å². The number of likely N-dealkylation sites (tertiary alicyclic amines) is 1. The molecule has 2 heteroatoms. The van der Waals surface area contributed by atoms with Gasteiger partial charge >= 0.3 is 0 Å². The van der Waals surface area contributed by atoms with Gasteiger partial charge in [0.1, 0.15) is 5.75 Å². The molecule has 0 radical (unpaired) electrons. The van der Waals surface area contributed by atoms with E-state index < -0.39 is 0 Å². The van der Waals surface area contributed by atoms with Gasteiger partial charge in [0.05, 0.1) is 7.11 Å². The number of benzene rings is 1. The average molecular weight is 219 g/mol. The molecule has 0 spiro atoms. The second-order valence-electron chi connectivity index (χ2n) is 4.38. The maximum Gasteiger partial charge on any atom is 0.123 e. The molecule has 1 saturated heterocycles. The minimum absolute atomic E-state index is 0.551. The van der Waals surface area contributed by atoms with Crippen LogP contribution in [0.2, 0.25) is 0 Å². The van der Waals surface area contributed by atoms with Crippen molar-refractivity contribution >= 4 is 0 Å². The summed E-state index contributed by atoms with van der Waals surface area (Å²) in [4.78, 5) is 2.56. The van der Waals surface area contributed by atoms with Crippen molar-refractivity contribution in [3.63, 3.8) is 0 Å². The van der Waals surface area contributed by atoms with Gasteiger partial charge in [-0.15, -0.1) is 0 Å². The molecule has 1 heterocycles. The van der Waals surface area contributed by atoms with Crippen LogP contribution in [0, 0.1) is 0 Å². The normalized spacial score (nSPS) is 22.0. The molecule has 1 fully saturated rings. The maximum absolute atomic E-state index is 5.46. The van der Waals surface area contributed by atoms with Gasteiger partial charge in [0, 0.05) is 11.6 Å². The number of para-hydroxylation sites is 1. The zero-order valence-electron chi connectivity index (χ0n) is 10.3. The molecule has 2 nitrogen and oxygen atoms in total. The Labute approximate surface area is 98.2 Å². The molecule has 0 N–H and O–H groups in total. The molecule has 0 saturated carbocycles. The first kappa shape index (κ1) is 11.5. The van der Waals surface area contributed by atoms with E-state index in [1.165, 1.54) is 31.4 Å². The molecule has 1 atom stereocenters. The Bertz CT molecular complexity index is 337. The predicted molar refractivity (Wildman–Crippen MR) is 66.8 cm³/mol. The molecule has 0 aromatic heterocycles. The molecule has 1 aliphatic heterocycles. The molecule has 0 unspecified atom stereocenters.